The third-order valence-electron chi connectivity index (χ3n) is 6.10. The quantitative estimate of drug-likeness (QED) is 0.570. The molecule has 0 saturated carbocycles. The van der Waals surface area contributed by atoms with Gasteiger partial charge in [0.1, 0.15) is 5.54 Å². The van der Waals surface area contributed by atoms with Crippen LogP contribution in [0.3, 0.4) is 0 Å². The van der Waals surface area contributed by atoms with Crippen molar-refractivity contribution in [3.8, 4) is 11.5 Å². The van der Waals surface area contributed by atoms with E-state index in [1.54, 1.807) is 54.3 Å². The van der Waals surface area contributed by atoms with E-state index in [9.17, 15) is 19.2 Å². The fraction of sp³-hybridized carbons (Fsp3) is 0.304. The first-order chi connectivity index (χ1) is 15.4. The predicted octanol–water partition coefficient (Wildman–Crippen LogP) is 2.19. The summed E-state index contributed by atoms with van der Waals surface area (Å²) < 4.78 is 10.7. The van der Waals surface area contributed by atoms with E-state index in [1.807, 2.05) is 0 Å². The lowest BCUT2D eigenvalue weighted by atomic mass is 9.91. The van der Waals surface area contributed by atoms with E-state index in [0.29, 0.717) is 35.6 Å². The summed E-state index contributed by atoms with van der Waals surface area (Å²) in [5.41, 5.74) is 0.306. The van der Waals surface area contributed by atoms with Gasteiger partial charge >= 0.3 is 6.03 Å². The van der Waals surface area contributed by atoms with Gasteiger partial charge in [-0.15, -0.1) is 0 Å². The Balaban J connectivity index is 1.32. The monoisotopic (exact) mass is 435 g/mol. The summed E-state index contributed by atoms with van der Waals surface area (Å²) in [6.45, 7) is 1.97. The van der Waals surface area contributed by atoms with Gasteiger partial charge in [0.2, 0.25) is 12.7 Å². The summed E-state index contributed by atoms with van der Waals surface area (Å²) in [5, 5.41) is 2.69. The normalized spacial score (nSPS) is 22.0. The topological polar surface area (TPSA) is 105 Å². The van der Waals surface area contributed by atoms with Crippen molar-refractivity contribution in [1.29, 1.82) is 0 Å². The summed E-state index contributed by atoms with van der Waals surface area (Å²) in [6.07, 6.45) is 1.34. The fourth-order valence-electron chi connectivity index (χ4n) is 4.23. The molecule has 4 amide bonds. The average molecular weight is 435 g/mol. The molecule has 32 heavy (non-hydrogen) atoms. The van der Waals surface area contributed by atoms with Crippen molar-refractivity contribution in [3.63, 3.8) is 0 Å². The number of ketones is 1. The lowest BCUT2D eigenvalue weighted by Gasteiger charge is -2.22. The summed E-state index contributed by atoms with van der Waals surface area (Å²) in [4.78, 5) is 53.0. The van der Waals surface area contributed by atoms with Crippen molar-refractivity contribution in [2.45, 2.75) is 25.3 Å². The molecule has 0 bridgehead atoms. The molecule has 2 aromatic rings. The van der Waals surface area contributed by atoms with Crippen molar-refractivity contribution in [2.75, 3.05) is 24.8 Å². The predicted molar refractivity (Wildman–Crippen MR) is 113 cm³/mol. The Morgan fingerprint density at radius 2 is 1.81 bits per heavy atom. The number of carbonyl (C=O) groups excluding carboxylic acids is 4. The molecule has 9 nitrogen and oxygen atoms in total. The maximum Gasteiger partial charge on any atom is 0.325 e. The van der Waals surface area contributed by atoms with Crippen molar-refractivity contribution in [2.24, 2.45) is 0 Å². The van der Waals surface area contributed by atoms with Crippen LogP contribution in [-0.2, 0) is 15.1 Å². The average Bonchev–Trinajstić information content (AvgIpc) is 3.49. The molecule has 0 radical (unpaired) electrons. The van der Waals surface area contributed by atoms with Gasteiger partial charge in [-0.05, 0) is 55.3 Å². The zero-order valence-corrected chi connectivity index (χ0v) is 17.4. The first-order valence-corrected chi connectivity index (χ1v) is 10.3. The van der Waals surface area contributed by atoms with Crippen molar-refractivity contribution in [1.82, 2.24) is 10.2 Å². The first kappa shape index (κ1) is 20.0. The van der Waals surface area contributed by atoms with Gasteiger partial charge in [-0.3, -0.25) is 19.3 Å². The second kappa shape index (κ2) is 7.37. The molecule has 5 rings (SSSR count). The molecule has 3 heterocycles. The van der Waals surface area contributed by atoms with E-state index in [4.69, 9.17) is 9.47 Å². The number of rotatable bonds is 5. The van der Waals surface area contributed by atoms with E-state index in [1.165, 1.54) is 0 Å². The molecule has 0 aromatic heterocycles. The number of anilines is 1. The van der Waals surface area contributed by atoms with Gasteiger partial charge in [-0.2, -0.15) is 0 Å². The van der Waals surface area contributed by atoms with Gasteiger partial charge in [-0.1, -0.05) is 6.07 Å². The van der Waals surface area contributed by atoms with E-state index < -0.39 is 17.5 Å². The lowest BCUT2D eigenvalue weighted by molar-refractivity contribution is -0.130. The highest BCUT2D eigenvalue weighted by atomic mass is 16.7. The summed E-state index contributed by atoms with van der Waals surface area (Å²) in [6, 6.07) is 11.0. The SMILES string of the molecule is C[C@]1(c2ccc3c(c2)OCO3)NC(=O)N(CC(=O)c2ccc(N3CCCC3=O)cc2)C1=O. The highest BCUT2D eigenvalue weighted by molar-refractivity contribution is 6.11. The zero-order chi connectivity index (χ0) is 22.5. The molecule has 3 aliphatic heterocycles. The Morgan fingerprint density at radius 1 is 1.06 bits per heavy atom. The van der Waals surface area contributed by atoms with Crippen LogP contribution in [-0.4, -0.2) is 48.4 Å². The number of fused-ring (bicyclic) bond motifs is 1. The van der Waals surface area contributed by atoms with Crippen LogP contribution in [0, 0.1) is 0 Å². The smallest absolute Gasteiger partial charge is 0.325 e. The largest absolute Gasteiger partial charge is 0.454 e. The minimum atomic E-state index is -1.32. The molecule has 164 valence electrons. The molecule has 1 atom stereocenters. The number of carbonyl (C=O) groups is 4. The third-order valence-corrected chi connectivity index (χ3v) is 6.10. The molecular weight excluding hydrogens is 414 g/mol. The summed E-state index contributed by atoms with van der Waals surface area (Å²) in [7, 11) is 0. The fourth-order valence-corrected chi connectivity index (χ4v) is 4.23. The molecule has 2 aromatic carbocycles. The Labute approximate surface area is 183 Å². The van der Waals surface area contributed by atoms with Crippen molar-refractivity contribution in [3.05, 3.63) is 53.6 Å². The first-order valence-electron chi connectivity index (χ1n) is 10.3. The van der Waals surface area contributed by atoms with Gasteiger partial charge in [0.15, 0.2) is 17.3 Å². The lowest BCUT2D eigenvalue weighted by Crippen LogP contribution is -2.41. The van der Waals surface area contributed by atoms with Crippen LogP contribution in [0.25, 0.3) is 0 Å². The molecule has 1 N–H and O–H groups in total. The number of ether oxygens (including phenoxy) is 2. The van der Waals surface area contributed by atoms with Crippen LogP contribution in [0.15, 0.2) is 42.5 Å². The highest BCUT2D eigenvalue weighted by Crippen LogP contribution is 2.37. The Bertz CT molecular complexity index is 1140. The van der Waals surface area contributed by atoms with Crippen LogP contribution < -0.4 is 19.7 Å². The van der Waals surface area contributed by atoms with Gasteiger partial charge in [-0.25, -0.2) is 4.79 Å². The number of Topliss-reactive ketones (excluding diaryl/α,β-unsaturated/α-hetero) is 1. The molecule has 2 saturated heterocycles. The molecule has 0 aliphatic carbocycles. The number of nitrogens with zero attached hydrogens (tertiary/aromatic N) is 2. The second-order valence-corrected chi connectivity index (χ2v) is 8.13. The van der Waals surface area contributed by atoms with Crippen LogP contribution in [0.1, 0.15) is 35.7 Å². The van der Waals surface area contributed by atoms with E-state index in [2.05, 4.69) is 5.32 Å². The third kappa shape index (κ3) is 3.17. The standard InChI is InChI=1S/C23H21N3O6/c1-23(15-6-9-18-19(11-15)32-13-31-18)21(29)26(22(30)24-23)12-17(27)14-4-7-16(8-5-14)25-10-2-3-20(25)28/h4-9,11H,2-3,10,12-13H2,1H3,(H,24,30)/t23-/m1/s1. The Morgan fingerprint density at radius 3 is 2.53 bits per heavy atom. The van der Waals surface area contributed by atoms with Crippen LogP contribution in [0.4, 0.5) is 10.5 Å². The van der Waals surface area contributed by atoms with Crippen molar-refractivity contribution >= 4 is 29.3 Å². The molecule has 0 unspecified atom stereocenters. The van der Waals surface area contributed by atoms with Crippen LogP contribution in [0.2, 0.25) is 0 Å². The highest BCUT2D eigenvalue weighted by Gasteiger charge is 2.49. The molecule has 3 aliphatic rings. The molecule has 0 spiro atoms. The minimum Gasteiger partial charge on any atom is -0.454 e. The Hall–Kier alpha value is -3.88. The molecule has 9 heteroatoms. The van der Waals surface area contributed by atoms with Gasteiger partial charge in [0.05, 0.1) is 6.54 Å². The van der Waals surface area contributed by atoms with Crippen LogP contribution >= 0.6 is 0 Å². The maximum atomic E-state index is 13.1. The minimum absolute atomic E-state index is 0.0613. The van der Waals surface area contributed by atoms with E-state index >= 15 is 0 Å². The molecule has 2 fully saturated rings. The second-order valence-electron chi connectivity index (χ2n) is 8.13. The number of urea groups is 1. The van der Waals surface area contributed by atoms with Gasteiger partial charge < -0.3 is 19.7 Å². The number of nitrogens with one attached hydrogen (secondary N) is 1. The Kier molecular flexibility index (Phi) is 4.61. The number of hydrogen-bond acceptors (Lipinski definition) is 6. The number of benzene rings is 2. The zero-order valence-electron chi connectivity index (χ0n) is 17.4. The summed E-state index contributed by atoms with van der Waals surface area (Å²) in [5.74, 6) is 0.236. The molecular formula is C23H21N3O6. The maximum absolute atomic E-state index is 13.1. The number of imide groups is 1. The van der Waals surface area contributed by atoms with Crippen molar-refractivity contribution < 1.29 is 28.7 Å². The summed E-state index contributed by atoms with van der Waals surface area (Å²) >= 11 is 0. The van der Waals surface area contributed by atoms with Crippen LogP contribution in [0.5, 0.6) is 11.5 Å². The number of amides is 4. The van der Waals surface area contributed by atoms with Gasteiger partial charge in [0.25, 0.3) is 5.91 Å². The van der Waals surface area contributed by atoms with E-state index in [0.717, 1.165) is 17.0 Å². The number of hydrogen-bond donors (Lipinski definition) is 1. The van der Waals surface area contributed by atoms with Gasteiger partial charge in [0, 0.05) is 24.2 Å². The van der Waals surface area contributed by atoms with E-state index in [-0.39, 0.29) is 25.0 Å².